The molecule has 0 unspecified atom stereocenters. The highest BCUT2D eigenvalue weighted by Gasteiger charge is 2.08. The van der Waals surface area contributed by atoms with Crippen LogP contribution in [0.25, 0.3) is 0 Å². The van der Waals surface area contributed by atoms with Gasteiger partial charge in [-0.15, -0.1) is 0 Å². The van der Waals surface area contributed by atoms with E-state index in [1.165, 1.54) is 12.1 Å². The molecule has 0 aliphatic rings. The first-order valence-electron chi connectivity index (χ1n) is 6.72. The molecule has 0 atom stereocenters. The molecule has 0 amide bonds. The Labute approximate surface area is 129 Å². The van der Waals surface area contributed by atoms with Gasteiger partial charge in [-0.05, 0) is 42.4 Å². The van der Waals surface area contributed by atoms with E-state index in [9.17, 15) is 9.18 Å². The lowest BCUT2D eigenvalue weighted by Gasteiger charge is -2.16. The van der Waals surface area contributed by atoms with Gasteiger partial charge in [0.1, 0.15) is 5.82 Å². The molecule has 0 saturated heterocycles. The minimum atomic E-state index is -0.288. The summed E-state index contributed by atoms with van der Waals surface area (Å²) in [6.45, 7) is 1.01. The number of ketones is 1. The molecule has 0 aromatic heterocycles. The van der Waals surface area contributed by atoms with Crippen molar-refractivity contribution in [2.45, 2.75) is 13.0 Å². The van der Waals surface area contributed by atoms with E-state index in [1.54, 1.807) is 12.1 Å². The Kier molecular flexibility index (Phi) is 5.48. The molecule has 4 heteroatoms. The lowest BCUT2D eigenvalue weighted by atomic mass is 10.1. The van der Waals surface area contributed by atoms with E-state index in [0.29, 0.717) is 24.5 Å². The van der Waals surface area contributed by atoms with Crippen LogP contribution in [-0.4, -0.2) is 24.3 Å². The largest absolute Gasteiger partial charge is 0.298 e. The number of rotatable bonds is 6. The maximum absolute atomic E-state index is 12.8. The fourth-order valence-electron chi connectivity index (χ4n) is 2.19. The van der Waals surface area contributed by atoms with E-state index in [2.05, 4.69) is 0 Å². The highest BCUT2D eigenvalue weighted by molar-refractivity contribution is 6.30. The molecule has 0 saturated carbocycles. The summed E-state index contributed by atoms with van der Waals surface area (Å²) >= 11 is 5.94. The molecule has 2 aromatic carbocycles. The quantitative estimate of drug-likeness (QED) is 0.810. The Morgan fingerprint density at radius 1 is 1.14 bits per heavy atom. The van der Waals surface area contributed by atoms with E-state index < -0.39 is 0 Å². The van der Waals surface area contributed by atoms with Gasteiger partial charge in [-0.3, -0.25) is 9.69 Å². The number of carbonyl (C=O) groups excluding carboxylic acids is 1. The minimum Gasteiger partial charge on any atom is -0.298 e. The average molecular weight is 306 g/mol. The van der Waals surface area contributed by atoms with E-state index in [1.807, 2.05) is 36.2 Å². The van der Waals surface area contributed by atoms with Crippen LogP contribution in [0.1, 0.15) is 11.1 Å². The van der Waals surface area contributed by atoms with Crippen molar-refractivity contribution in [2.24, 2.45) is 0 Å². The zero-order valence-corrected chi connectivity index (χ0v) is 12.6. The SMILES string of the molecule is CN(CC(=O)Cc1ccc(F)cc1)Cc1cccc(Cl)c1. The van der Waals surface area contributed by atoms with Crippen LogP contribution in [-0.2, 0) is 17.8 Å². The van der Waals surface area contributed by atoms with Gasteiger partial charge in [-0.1, -0.05) is 35.9 Å². The Hall–Kier alpha value is -1.71. The molecule has 0 heterocycles. The Morgan fingerprint density at radius 3 is 2.52 bits per heavy atom. The second-order valence-corrected chi connectivity index (χ2v) is 5.58. The van der Waals surface area contributed by atoms with Crippen molar-refractivity contribution in [1.82, 2.24) is 4.90 Å². The summed E-state index contributed by atoms with van der Waals surface area (Å²) in [5, 5.41) is 0.693. The van der Waals surface area contributed by atoms with Gasteiger partial charge in [0.25, 0.3) is 0 Å². The number of nitrogens with zero attached hydrogens (tertiary/aromatic N) is 1. The maximum atomic E-state index is 12.8. The number of carbonyl (C=O) groups is 1. The summed E-state index contributed by atoms with van der Waals surface area (Å²) < 4.78 is 12.8. The van der Waals surface area contributed by atoms with E-state index in [0.717, 1.165) is 11.1 Å². The molecule has 2 aromatic rings. The second kappa shape index (κ2) is 7.34. The fourth-order valence-corrected chi connectivity index (χ4v) is 2.40. The number of benzene rings is 2. The van der Waals surface area contributed by atoms with Crippen molar-refractivity contribution in [3.05, 3.63) is 70.5 Å². The summed E-state index contributed by atoms with van der Waals surface area (Å²) in [5.41, 5.74) is 1.90. The van der Waals surface area contributed by atoms with Crippen LogP contribution in [0.4, 0.5) is 4.39 Å². The van der Waals surface area contributed by atoms with Gasteiger partial charge < -0.3 is 0 Å². The number of likely N-dealkylation sites (N-methyl/N-ethyl adjacent to an activating group) is 1. The van der Waals surface area contributed by atoms with Crippen LogP contribution in [0.15, 0.2) is 48.5 Å². The van der Waals surface area contributed by atoms with Gasteiger partial charge in [-0.2, -0.15) is 0 Å². The topological polar surface area (TPSA) is 20.3 Å². The molecule has 0 N–H and O–H groups in total. The first-order valence-corrected chi connectivity index (χ1v) is 7.10. The monoisotopic (exact) mass is 305 g/mol. The normalized spacial score (nSPS) is 10.9. The highest BCUT2D eigenvalue weighted by atomic mass is 35.5. The van der Waals surface area contributed by atoms with Crippen LogP contribution < -0.4 is 0 Å². The van der Waals surface area contributed by atoms with Crippen molar-refractivity contribution in [2.75, 3.05) is 13.6 Å². The van der Waals surface area contributed by atoms with Gasteiger partial charge in [-0.25, -0.2) is 4.39 Å². The van der Waals surface area contributed by atoms with Crippen molar-refractivity contribution in [1.29, 1.82) is 0 Å². The smallest absolute Gasteiger partial charge is 0.151 e. The Bertz CT molecular complexity index is 612. The molecule has 0 aliphatic heterocycles. The molecule has 0 aliphatic carbocycles. The Balaban J connectivity index is 1.86. The van der Waals surface area contributed by atoms with Gasteiger partial charge in [0, 0.05) is 18.0 Å². The van der Waals surface area contributed by atoms with Crippen molar-refractivity contribution >= 4 is 17.4 Å². The third-order valence-electron chi connectivity index (χ3n) is 3.10. The number of Topliss-reactive ketones (excluding diaryl/α,β-unsaturated/α-hetero) is 1. The Morgan fingerprint density at radius 2 is 1.86 bits per heavy atom. The molecular formula is C17H17ClFNO. The second-order valence-electron chi connectivity index (χ2n) is 5.14. The molecule has 110 valence electrons. The highest BCUT2D eigenvalue weighted by Crippen LogP contribution is 2.12. The third-order valence-corrected chi connectivity index (χ3v) is 3.34. The van der Waals surface area contributed by atoms with E-state index in [-0.39, 0.29) is 11.6 Å². The molecule has 2 rings (SSSR count). The molecule has 21 heavy (non-hydrogen) atoms. The molecule has 2 nitrogen and oxygen atoms in total. The molecule has 0 spiro atoms. The maximum Gasteiger partial charge on any atom is 0.151 e. The predicted octanol–water partition coefficient (Wildman–Crippen LogP) is 3.72. The van der Waals surface area contributed by atoms with Gasteiger partial charge in [0.2, 0.25) is 0 Å². The third kappa shape index (κ3) is 5.29. The van der Waals surface area contributed by atoms with E-state index >= 15 is 0 Å². The standard InChI is InChI=1S/C17H17ClFNO/c1-20(11-14-3-2-4-15(18)9-14)12-17(21)10-13-5-7-16(19)8-6-13/h2-9H,10-12H2,1H3. The lowest BCUT2D eigenvalue weighted by Crippen LogP contribution is -2.26. The van der Waals surface area contributed by atoms with Crippen molar-refractivity contribution < 1.29 is 9.18 Å². The summed E-state index contributed by atoms with van der Waals surface area (Å²) in [4.78, 5) is 13.9. The number of hydrogen-bond donors (Lipinski definition) is 0. The average Bonchev–Trinajstić information content (AvgIpc) is 2.41. The van der Waals surface area contributed by atoms with Gasteiger partial charge in [0.15, 0.2) is 5.78 Å². The lowest BCUT2D eigenvalue weighted by molar-refractivity contribution is -0.119. The molecule has 0 fully saturated rings. The predicted molar refractivity (Wildman–Crippen MR) is 82.9 cm³/mol. The van der Waals surface area contributed by atoms with Crippen LogP contribution in [0.5, 0.6) is 0 Å². The summed E-state index contributed by atoms with van der Waals surface area (Å²) in [6.07, 6.45) is 0.320. The zero-order chi connectivity index (χ0) is 15.2. The van der Waals surface area contributed by atoms with Crippen LogP contribution in [0.3, 0.4) is 0 Å². The summed E-state index contributed by atoms with van der Waals surface area (Å²) in [7, 11) is 1.89. The molecular weight excluding hydrogens is 289 g/mol. The summed E-state index contributed by atoms with van der Waals surface area (Å²) in [5.74, 6) is -0.185. The van der Waals surface area contributed by atoms with Crippen LogP contribution >= 0.6 is 11.6 Å². The molecule has 0 radical (unpaired) electrons. The van der Waals surface area contributed by atoms with Crippen molar-refractivity contribution in [3.63, 3.8) is 0 Å². The number of hydrogen-bond acceptors (Lipinski definition) is 2. The van der Waals surface area contributed by atoms with E-state index in [4.69, 9.17) is 11.6 Å². The zero-order valence-electron chi connectivity index (χ0n) is 11.9. The first-order chi connectivity index (χ1) is 10.0. The van der Waals surface area contributed by atoms with Crippen molar-refractivity contribution in [3.8, 4) is 0 Å². The number of halogens is 2. The van der Waals surface area contributed by atoms with Gasteiger partial charge in [0.05, 0.1) is 6.54 Å². The first kappa shape index (κ1) is 15.7. The molecule has 0 bridgehead atoms. The van der Waals surface area contributed by atoms with Crippen LogP contribution in [0.2, 0.25) is 5.02 Å². The summed E-state index contributed by atoms with van der Waals surface area (Å²) in [6, 6.07) is 13.6. The minimum absolute atomic E-state index is 0.103. The van der Waals surface area contributed by atoms with Gasteiger partial charge >= 0.3 is 0 Å². The fraction of sp³-hybridized carbons (Fsp3) is 0.235. The van der Waals surface area contributed by atoms with Crippen LogP contribution in [0, 0.1) is 5.82 Å².